The van der Waals surface area contributed by atoms with Gasteiger partial charge in [-0.25, -0.2) is 4.90 Å². The van der Waals surface area contributed by atoms with Gasteiger partial charge >= 0.3 is 0 Å². The molecule has 134 valence electrons. The van der Waals surface area contributed by atoms with E-state index < -0.39 is 0 Å². The van der Waals surface area contributed by atoms with Crippen LogP contribution in [-0.2, 0) is 9.59 Å². The fourth-order valence-corrected chi connectivity index (χ4v) is 2.62. The Hall–Kier alpha value is -2.94. The van der Waals surface area contributed by atoms with E-state index in [1.54, 1.807) is 31.2 Å². The minimum absolute atomic E-state index is 0.238. The van der Waals surface area contributed by atoms with E-state index in [4.69, 9.17) is 0 Å². The van der Waals surface area contributed by atoms with E-state index in [-0.39, 0.29) is 17.4 Å². The number of amides is 2. The lowest BCUT2D eigenvalue weighted by Crippen LogP contribution is -2.29. The van der Waals surface area contributed by atoms with Crippen molar-refractivity contribution in [3.63, 3.8) is 0 Å². The van der Waals surface area contributed by atoms with Crippen molar-refractivity contribution in [2.24, 2.45) is 5.92 Å². The Morgan fingerprint density at radius 3 is 2.15 bits per heavy atom. The molecule has 1 saturated heterocycles. The zero-order valence-electron chi connectivity index (χ0n) is 15.9. The van der Waals surface area contributed by atoms with Crippen LogP contribution in [0, 0.1) is 5.92 Å². The third kappa shape index (κ3) is 3.67. The Morgan fingerprint density at radius 1 is 1.08 bits per heavy atom. The number of nitrogens with zero attached hydrogens (tertiary/aromatic N) is 1. The molecule has 0 bridgehead atoms. The highest BCUT2D eigenvalue weighted by atomic mass is 16.2. The molecule has 2 amide bonds. The highest BCUT2D eigenvalue weighted by molar-refractivity contribution is 6.36. The number of allylic oxidation sites excluding steroid dienone is 6. The fraction of sp³-hybridized carbons (Fsp3) is 0.217. The second-order valence-corrected chi connectivity index (χ2v) is 6.57. The standard InChI is InChI=1S/C23H25NO2/c1-7-18(10-9-16(5)15(3)4)19-11-13-20(14-12-19)24-22(25)17(6)21(8-2)23(24)26/h7-15H,1,6H2,2-5H3/b16-9+,18-10+,21-8+. The monoisotopic (exact) mass is 347 g/mol. The van der Waals surface area contributed by atoms with Gasteiger partial charge in [-0.3, -0.25) is 9.59 Å². The van der Waals surface area contributed by atoms with Gasteiger partial charge in [-0.05, 0) is 43.0 Å². The van der Waals surface area contributed by atoms with Crippen molar-refractivity contribution in [2.45, 2.75) is 27.7 Å². The molecule has 0 radical (unpaired) electrons. The van der Waals surface area contributed by atoms with Crippen molar-refractivity contribution >= 4 is 23.1 Å². The van der Waals surface area contributed by atoms with Crippen LogP contribution in [0.5, 0.6) is 0 Å². The Kier molecular flexibility index (Phi) is 5.93. The van der Waals surface area contributed by atoms with E-state index in [0.29, 0.717) is 17.2 Å². The maximum Gasteiger partial charge on any atom is 0.265 e. The summed E-state index contributed by atoms with van der Waals surface area (Å²) in [6.07, 6.45) is 7.54. The molecule has 1 aromatic carbocycles. The van der Waals surface area contributed by atoms with E-state index >= 15 is 0 Å². The summed E-state index contributed by atoms with van der Waals surface area (Å²) >= 11 is 0. The van der Waals surface area contributed by atoms with Gasteiger partial charge in [0.1, 0.15) is 0 Å². The summed E-state index contributed by atoms with van der Waals surface area (Å²) < 4.78 is 0. The lowest BCUT2D eigenvalue weighted by atomic mass is 10.0. The van der Waals surface area contributed by atoms with Crippen LogP contribution in [0.3, 0.4) is 0 Å². The van der Waals surface area contributed by atoms with Crippen molar-refractivity contribution in [3.8, 4) is 0 Å². The molecule has 0 unspecified atom stereocenters. The quantitative estimate of drug-likeness (QED) is 0.415. The summed E-state index contributed by atoms with van der Waals surface area (Å²) in [6, 6.07) is 7.32. The molecule has 1 aliphatic rings. The Bertz CT molecular complexity index is 849. The molecule has 0 N–H and O–H groups in total. The van der Waals surface area contributed by atoms with E-state index in [1.165, 1.54) is 10.5 Å². The molecular weight excluding hydrogens is 322 g/mol. The second kappa shape index (κ2) is 7.96. The van der Waals surface area contributed by atoms with Crippen LogP contribution in [-0.4, -0.2) is 11.8 Å². The molecule has 1 aliphatic heterocycles. The highest BCUT2D eigenvalue weighted by Crippen LogP contribution is 2.30. The lowest BCUT2D eigenvalue weighted by molar-refractivity contribution is -0.119. The minimum atomic E-state index is -0.370. The molecule has 0 aromatic heterocycles. The molecule has 1 heterocycles. The molecule has 0 atom stereocenters. The molecule has 0 saturated carbocycles. The third-order valence-corrected chi connectivity index (χ3v) is 4.62. The summed E-state index contributed by atoms with van der Waals surface area (Å²) in [5, 5.41) is 0. The second-order valence-electron chi connectivity index (χ2n) is 6.57. The summed E-state index contributed by atoms with van der Waals surface area (Å²) in [5.41, 5.74) is 4.38. The molecule has 26 heavy (non-hydrogen) atoms. The lowest BCUT2D eigenvalue weighted by Gasteiger charge is -2.14. The average molecular weight is 347 g/mol. The first-order valence-corrected chi connectivity index (χ1v) is 8.67. The number of hydrogen-bond donors (Lipinski definition) is 0. The topological polar surface area (TPSA) is 37.4 Å². The first-order chi connectivity index (χ1) is 12.3. The van der Waals surface area contributed by atoms with Crippen LogP contribution < -0.4 is 4.90 Å². The highest BCUT2D eigenvalue weighted by Gasteiger charge is 2.37. The summed E-state index contributed by atoms with van der Waals surface area (Å²) in [4.78, 5) is 25.9. The van der Waals surface area contributed by atoms with Gasteiger partial charge < -0.3 is 0 Å². The molecule has 3 heteroatoms. The van der Waals surface area contributed by atoms with Crippen molar-refractivity contribution in [3.05, 3.63) is 84.0 Å². The summed E-state index contributed by atoms with van der Waals surface area (Å²) in [6.45, 7) is 15.7. The van der Waals surface area contributed by atoms with Crippen LogP contribution in [0.1, 0.15) is 33.3 Å². The number of carbonyl (C=O) groups is 2. The van der Waals surface area contributed by atoms with Crippen LogP contribution in [0.15, 0.2) is 78.4 Å². The predicted molar refractivity (Wildman–Crippen MR) is 109 cm³/mol. The third-order valence-electron chi connectivity index (χ3n) is 4.62. The maximum absolute atomic E-state index is 12.4. The number of carbonyl (C=O) groups excluding carboxylic acids is 2. The van der Waals surface area contributed by atoms with Crippen LogP contribution in [0.25, 0.3) is 5.57 Å². The van der Waals surface area contributed by atoms with Gasteiger partial charge in [-0.1, -0.05) is 69.0 Å². The number of imide groups is 1. The summed E-state index contributed by atoms with van der Waals surface area (Å²) in [7, 11) is 0. The maximum atomic E-state index is 12.4. The molecule has 0 aliphatic carbocycles. The van der Waals surface area contributed by atoms with E-state index in [1.807, 2.05) is 18.2 Å². The largest absolute Gasteiger partial charge is 0.268 e. The van der Waals surface area contributed by atoms with Crippen molar-refractivity contribution < 1.29 is 9.59 Å². The molecule has 0 spiro atoms. The SMILES string of the molecule is C=C/C(=C\C=C(/C)C(C)C)c1ccc(N2C(=O)C(=C)/C(=C\C)C2=O)cc1. The van der Waals surface area contributed by atoms with E-state index in [0.717, 1.165) is 11.1 Å². The predicted octanol–water partition coefficient (Wildman–Crippen LogP) is 5.23. The van der Waals surface area contributed by atoms with E-state index in [2.05, 4.69) is 40.0 Å². The van der Waals surface area contributed by atoms with Crippen LogP contribution in [0.4, 0.5) is 5.69 Å². The smallest absolute Gasteiger partial charge is 0.265 e. The van der Waals surface area contributed by atoms with Gasteiger partial charge in [-0.15, -0.1) is 0 Å². The van der Waals surface area contributed by atoms with Gasteiger partial charge in [0.05, 0.1) is 5.69 Å². The fourth-order valence-electron chi connectivity index (χ4n) is 2.62. The molecule has 1 fully saturated rings. The van der Waals surface area contributed by atoms with Crippen molar-refractivity contribution in [1.29, 1.82) is 0 Å². The number of anilines is 1. The molecular formula is C23H25NO2. The first kappa shape index (κ1) is 19.4. The van der Waals surface area contributed by atoms with Gasteiger partial charge in [0, 0.05) is 11.1 Å². The van der Waals surface area contributed by atoms with Gasteiger partial charge in [0.15, 0.2) is 0 Å². The molecule has 3 nitrogen and oxygen atoms in total. The van der Waals surface area contributed by atoms with Crippen LogP contribution >= 0.6 is 0 Å². The first-order valence-electron chi connectivity index (χ1n) is 8.67. The Morgan fingerprint density at radius 2 is 1.69 bits per heavy atom. The molecule has 1 aromatic rings. The summed E-state index contributed by atoms with van der Waals surface area (Å²) in [5.74, 6) is -0.211. The minimum Gasteiger partial charge on any atom is -0.268 e. The van der Waals surface area contributed by atoms with E-state index in [9.17, 15) is 9.59 Å². The Labute approximate surface area is 155 Å². The van der Waals surface area contributed by atoms with Gasteiger partial charge in [-0.2, -0.15) is 0 Å². The van der Waals surface area contributed by atoms with Gasteiger partial charge in [0.25, 0.3) is 11.8 Å². The Balaban J connectivity index is 2.34. The number of rotatable bonds is 5. The van der Waals surface area contributed by atoms with Crippen LogP contribution in [0.2, 0.25) is 0 Å². The number of hydrogen-bond acceptors (Lipinski definition) is 2. The zero-order chi connectivity index (χ0) is 19.4. The normalized spacial score (nSPS) is 17.7. The number of benzene rings is 1. The average Bonchev–Trinajstić information content (AvgIpc) is 2.84. The zero-order valence-corrected chi connectivity index (χ0v) is 15.9. The van der Waals surface area contributed by atoms with Crippen molar-refractivity contribution in [1.82, 2.24) is 0 Å². The molecule has 2 rings (SSSR count). The van der Waals surface area contributed by atoms with Crippen molar-refractivity contribution in [2.75, 3.05) is 4.90 Å². The van der Waals surface area contributed by atoms with Gasteiger partial charge in [0.2, 0.25) is 0 Å².